The Bertz CT molecular complexity index is 449. The Morgan fingerprint density at radius 2 is 1.78 bits per heavy atom. The van der Waals surface area contributed by atoms with Gasteiger partial charge in [0.2, 0.25) is 0 Å². The summed E-state index contributed by atoms with van der Waals surface area (Å²) in [6.45, 7) is 7.72. The zero-order valence-electron chi connectivity index (χ0n) is 11.4. The van der Waals surface area contributed by atoms with Crippen molar-refractivity contribution < 1.29 is 13.7 Å². The predicted molar refractivity (Wildman–Crippen MR) is 69.5 cm³/mol. The smallest absolute Gasteiger partial charge is 0.399 e. The first-order chi connectivity index (χ1) is 8.27. The predicted octanol–water partition coefficient (Wildman–Crippen LogP) is 1.56. The van der Waals surface area contributed by atoms with Crippen LogP contribution in [0, 0.1) is 5.82 Å². The highest BCUT2D eigenvalue weighted by Crippen LogP contribution is 2.36. The lowest BCUT2D eigenvalue weighted by molar-refractivity contribution is 0.00578. The Morgan fingerprint density at radius 3 is 2.22 bits per heavy atom. The van der Waals surface area contributed by atoms with Crippen molar-refractivity contribution in [3.8, 4) is 0 Å². The van der Waals surface area contributed by atoms with E-state index in [1.165, 1.54) is 12.3 Å². The average molecular weight is 252 g/mol. The molecule has 1 N–H and O–H groups in total. The fourth-order valence-electron chi connectivity index (χ4n) is 1.72. The monoisotopic (exact) mass is 252 g/mol. The third-order valence-electron chi connectivity index (χ3n) is 3.65. The van der Waals surface area contributed by atoms with E-state index in [0.717, 1.165) is 0 Å². The normalized spacial score (nSPS) is 21.1. The molecule has 1 fully saturated rings. The first kappa shape index (κ1) is 13.3. The van der Waals surface area contributed by atoms with Crippen LogP contribution in [0.2, 0.25) is 0 Å². The lowest BCUT2D eigenvalue weighted by atomic mass is 9.80. The minimum atomic E-state index is -0.714. The number of pyridine rings is 1. The third kappa shape index (κ3) is 2.10. The van der Waals surface area contributed by atoms with Gasteiger partial charge in [0, 0.05) is 24.8 Å². The Morgan fingerprint density at radius 1 is 1.22 bits per heavy atom. The molecule has 0 aliphatic carbocycles. The highest BCUT2D eigenvalue weighted by molar-refractivity contribution is 6.62. The molecule has 1 aliphatic rings. The second-order valence-electron chi connectivity index (χ2n) is 5.43. The van der Waals surface area contributed by atoms with Gasteiger partial charge in [-0.1, -0.05) is 0 Å². The molecule has 1 aliphatic heterocycles. The molecular weight excluding hydrogens is 234 g/mol. The quantitative estimate of drug-likeness (QED) is 0.811. The molecule has 98 valence electrons. The maximum absolute atomic E-state index is 14.0. The maximum atomic E-state index is 14.0. The number of hydrogen-bond donors (Lipinski definition) is 1. The molecule has 4 nitrogen and oxygen atoms in total. The first-order valence-corrected chi connectivity index (χ1v) is 5.96. The van der Waals surface area contributed by atoms with Crippen LogP contribution in [0.25, 0.3) is 0 Å². The second kappa shape index (κ2) is 4.21. The number of nitrogens with zero attached hydrogens (tertiary/aromatic N) is 1. The Kier molecular flexibility index (Phi) is 3.11. The van der Waals surface area contributed by atoms with Crippen molar-refractivity contribution >= 4 is 18.4 Å². The molecule has 1 aromatic heterocycles. The largest absolute Gasteiger partial charge is 0.499 e. The Hall–Kier alpha value is -1.14. The van der Waals surface area contributed by atoms with Crippen molar-refractivity contribution in [2.24, 2.45) is 0 Å². The topological polar surface area (TPSA) is 43.4 Å². The molecule has 0 aromatic carbocycles. The highest BCUT2D eigenvalue weighted by Gasteiger charge is 2.52. The molecule has 2 heterocycles. The van der Waals surface area contributed by atoms with Gasteiger partial charge in [0.25, 0.3) is 0 Å². The van der Waals surface area contributed by atoms with Crippen LogP contribution >= 0.6 is 0 Å². The van der Waals surface area contributed by atoms with E-state index in [0.29, 0.717) is 11.3 Å². The van der Waals surface area contributed by atoms with Crippen molar-refractivity contribution in [1.82, 2.24) is 4.98 Å². The van der Waals surface area contributed by atoms with Crippen LogP contribution in [0.4, 0.5) is 10.2 Å². The average Bonchev–Trinajstić information content (AvgIpc) is 2.47. The van der Waals surface area contributed by atoms with Crippen LogP contribution in [0.5, 0.6) is 0 Å². The van der Waals surface area contributed by atoms with E-state index in [4.69, 9.17) is 9.31 Å². The molecule has 2 rings (SSSR count). The van der Waals surface area contributed by atoms with E-state index in [2.05, 4.69) is 10.3 Å². The summed E-state index contributed by atoms with van der Waals surface area (Å²) in [4.78, 5) is 4.09. The lowest BCUT2D eigenvalue weighted by Gasteiger charge is -2.32. The minimum Gasteiger partial charge on any atom is -0.399 e. The van der Waals surface area contributed by atoms with Crippen molar-refractivity contribution in [2.45, 2.75) is 38.9 Å². The molecule has 1 aromatic rings. The standard InChI is InChI=1S/C12H18BFN2O2/c1-11(2)12(3,4)18-13(17-11)8-7-16-10(15-5)6-9(8)14/h6-7H,1-5H3,(H,15,16). The lowest BCUT2D eigenvalue weighted by Crippen LogP contribution is -2.41. The van der Waals surface area contributed by atoms with Gasteiger partial charge in [0.05, 0.1) is 11.2 Å². The Balaban J connectivity index is 2.30. The Labute approximate surface area is 107 Å². The second-order valence-corrected chi connectivity index (χ2v) is 5.43. The third-order valence-corrected chi connectivity index (χ3v) is 3.65. The van der Waals surface area contributed by atoms with Gasteiger partial charge in [-0.15, -0.1) is 0 Å². The molecule has 0 radical (unpaired) electrons. The molecule has 0 amide bonds. The first-order valence-electron chi connectivity index (χ1n) is 5.96. The number of anilines is 1. The number of rotatable bonds is 2. The van der Waals surface area contributed by atoms with Gasteiger partial charge in [-0.3, -0.25) is 0 Å². The highest BCUT2D eigenvalue weighted by atomic mass is 19.1. The van der Waals surface area contributed by atoms with Gasteiger partial charge in [-0.2, -0.15) is 0 Å². The molecule has 0 spiro atoms. The SMILES string of the molecule is CNc1cc(F)c(B2OC(C)(C)C(C)(C)O2)cn1. The zero-order chi connectivity index (χ0) is 13.6. The van der Waals surface area contributed by atoms with Crippen molar-refractivity contribution in [3.05, 3.63) is 18.1 Å². The number of aromatic nitrogens is 1. The van der Waals surface area contributed by atoms with Crippen molar-refractivity contribution in [1.29, 1.82) is 0 Å². The van der Waals surface area contributed by atoms with Gasteiger partial charge in [-0.25, -0.2) is 9.37 Å². The summed E-state index contributed by atoms with van der Waals surface area (Å²) < 4.78 is 25.5. The van der Waals surface area contributed by atoms with Crippen LogP contribution in [0.15, 0.2) is 12.3 Å². The maximum Gasteiger partial charge on any atom is 0.499 e. The molecule has 0 bridgehead atoms. The van der Waals surface area contributed by atoms with Crippen LogP contribution in [0.1, 0.15) is 27.7 Å². The van der Waals surface area contributed by atoms with E-state index in [-0.39, 0.29) is 5.82 Å². The summed E-state index contributed by atoms with van der Waals surface area (Å²) in [5.74, 6) is 0.0978. The van der Waals surface area contributed by atoms with Gasteiger partial charge in [0.1, 0.15) is 11.6 Å². The van der Waals surface area contributed by atoms with Gasteiger partial charge >= 0.3 is 7.12 Å². The minimum absolute atomic E-state index is 0.327. The van der Waals surface area contributed by atoms with Crippen LogP contribution in [0.3, 0.4) is 0 Å². The molecule has 6 heteroatoms. The van der Waals surface area contributed by atoms with E-state index in [1.54, 1.807) is 7.05 Å². The fourth-order valence-corrected chi connectivity index (χ4v) is 1.72. The number of halogens is 1. The van der Waals surface area contributed by atoms with Crippen molar-refractivity contribution in [3.63, 3.8) is 0 Å². The summed E-state index contributed by atoms with van der Waals surface area (Å²) in [6.07, 6.45) is 1.45. The number of hydrogen-bond acceptors (Lipinski definition) is 4. The summed E-state index contributed by atoms with van der Waals surface area (Å²) in [5, 5.41) is 2.79. The fraction of sp³-hybridized carbons (Fsp3) is 0.583. The molecule has 0 atom stereocenters. The summed E-state index contributed by atoms with van der Waals surface area (Å²) >= 11 is 0. The molecule has 0 unspecified atom stereocenters. The molecule has 18 heavy (non-hydrogen) atoms. The zero-order valence-corrected chi connectivity index (χ0v) is 11.4. The summed E-state index contributed by atoms with van der Waals surface area (Å²) in [5.41, 5.74) is -0.634. The van der Waals surface area contributed by atoms with Crippen molar-refractivity contribution in [2.75, 3.05) is 12.4 Å². The summed E-state index contributed by atoms with van der Waals surface area (Å²) in [7, 11) is 0.976. The van der Waals surface area contributed by atoms with Crippen LogP contribution < -0.4 is 10.8 Å². The molecule has 0 saturated carbocycles. The number of nitrogens with one attached hydrogen (secondary N) is 1. The van der Waals surface area contributed by atoms with Crippen LogP contribution in [-0.4, -0.2) is 30.4 Å². The van der Waals surface area contributed by atoms with Gasteiger partial charge in [-0.05, 0) is 27.7 Å². The van der Waals surface area contributed by atoms with E-state index in [9.17, 15) is 4.39 Å². The van der Waals surface area contributed by atoms with E-state index < -0.39 is 18.3 Å². The van der Waals surface area contributed by atoms with E-state index in [1.807, 2.05) is 27.7 Å². The van der Waals surface area contributed by atoms with Gasteiger partial charge in [0.15, 0.2) is 0 Å². The molecular formula is C12H18BFN2O2. The molecule has 1 saturated heterocycles. The van der Waals surface area contributed by atoms with E-state index >= 15 is 0 Å². The van der Waals surface area contributed by atoms with Crippen LogP contribution in [-0.2, 0) is 9.31 Å². The summed E-state index contributed by atoms with van der Waals surface area (Å²) in [6, 6.07) is 1.33. The van der Waals surface area contributed by atoms with Gasteiger partial charge < -0.3 is 14.6 Å².